The molecule has 2 unspecified atom stereocenters. The third kappa shape index (κ3) is 4.16. The number of fused-ring (bicyclic) bond motifs is 2. The molecule has 0 saturated carbocycles. The third-order valence-electron chi connectivity index (χ3n) is 6.23. The molecule has 0 aliphatic carbocycles. The van der Waals surface area contributed by atoms with Crippen molar-refractivity contribution in [2.24, 2.45) is 0 Å². The molecular formula is C27H26FNOS. The molecule has 2 atom stereocenters. The minimum absolute atomic E-state index is 0.0573. The zero-order chi connectivity index (χ0) is 21.4. The van der Waals surface area contributed by atoms with Crippen molar-refractivity contribution in [3.05, 3.63) is 95.3 Å². The van der Waals surface area contributed by atoms with Gasteiger partial charge in [-0.3, -0.25) is 0 Å². The van der Waals surface area contributed by atoms with Crippen molar-refractivity contribution in [2.75, 3.05) is 14.1 Å². The summed E-state index contributed by atoms with van der Waals surface area (Å²) in [6.45, 7) is 0.652. The van der Waals surface area contributed by atoms with Crippen molar-refractivity contribution in [3.8, 4) is 10.4 Å². The predicted molar refractivity (Wildman–Crippen MR) is 127 cm³/mol. The molecule has 2 heterocycles. The maximum atomic E-state index is 13.2. The van der Waals surface area contributed by atoms with Gasteiger partial charge in [0.1, 0.15) is 5.82 Å². The average molecular weight is 432 g/mol. The maximum Gasteiger partial charge on any atom is 0.123 e. The van der Waals surface area contributed by atoms with Gasteiger partial charge in [0.2, 0.25) is 0 Å². The molecular weight excluding hydrogens is 405 g/mol. The minimum Gasteiger partial charge on any atom is -0.367 e. The molecule has 158 valence electrons. The Labute approximate surface area is 186 Å². The van der Waals surface area contributed by atoms with Gasteiger partial charge in [0, 0.05) is 15.6 Å². The summed E-state index contributed by atoms with van der Waals surface area (Å²) in [6.07, 6.45) is 1.92. The molecule has 2 nitrogen and oxygen atoms in total. The van der Waals surface area contributed by atoms with Crippen LogP contribution >= 0.6 is 11.3 Å². The number of aryl methyl sites for hydroxylation is 1. The Kier molecular flexibility index (Phi) is 5.61. The van der Waals surface area contributed by atoms with Gasteiger partial charge in [-0.05, 0) is 84.9 Å². The summed E-state index contributed by atoms with van der Waals surface area (Å²) >= 11 is 1.84. The van der Waals surface area contributed by atoms with Gasteiger partial charge in [0.05, 0.1) is 12.7 Å². The second kappa shape index (κ2) is 8.54. The zero-order valence-electron chi connectivity index (χ0n) is 17.8. The molecule has 0 bridgehead atoms. The molecule has 3 aromatic carbocycles. The highest BCUT2D eigenvalue weighted by Gasteiger charge is 2.32. The van der Waals surface area contributed by atoms with Crippen molar-refractivity contribution in [1.29, 1.82) is 0 Å². The Morgan fingerprint density at radius 3 is 2.61 bits per heavy atom. The van der Waals surface area contributed by atoms with E-state index in [-0.39, 0.29) is 18.0 Å². The van der Waals surface area contributed by atoms with Gasteiger partial charge in [-0.15, -0.1) is 11.3 Å². The number of nitrogens with zero attached hydrogens (tertiary/aromatic N) is 1. The molecule has 31 heavy (non-hydrogen) atoms. The molecule has 0 amide bonds. The number of rotatable bonds is 6. The predicted octanol–water partition coefficient (Wildman–Crippen LogP) is 6.84. The van der Waals surface area contributed by atoms with Crippen molar-refractivity contribution in [3.63, 3.8) is 0 Å². The first-order valence-corrected chi connectivity index (χ1v) is 11.5. The molecule has 4 aromatic rings. The Morgan fingerprint density at radius 2 is 1.84 bits per heavy atom. The van der Waals surface area contributed by atoms with Crippen LogP contribution in [0, 0.1) is 5.82 Å². The Morgan fingerprint density at radius 1 is 1.03 bits per heavy atom. The summed E-state index contributed by atoms with van der Waals surface area (Å²) in [6, 6.07) is 24.7. The average Bonchev–Trinajstić information content (AvgIpc) is 3.39. The topological polar surface area (TPSA) is 12.5 Å². The first kappa shape index (κ1) is 20.4. The van der Waals surface area contributed by atoms with Gasteiger partial charge in [-0.25, -0.2) is 4.39 Å². The van der Waals surface area contributed by atoms with E-state index in [1.54, 1.807) is 0 Å². The highest BCUT2D eigenvalue weighted by Crippen LogP contribution is 2.40. The Balaban J connectivity index is 1.37. The largest absolute Gasteiger partial charge is 0.367 e. The quantitative estimate of drug-likeness (QED) is 0.331. The van der Waals surface area contributed by atoms with E-state index in [1.165, 1.54) is 43.8 Å². The minimum atomic E-state index is -0.185. The van der Waals surface area contributed by atoms with E-state index in [4.69, 9.17) is 4.74 Å². The second-order valence-electron chi connectivity index (χ2n) is 8.49. The summed E-state index contributed by atoms with van der Waals surface area (Å²) in [5.41, 5.74) is 5.00. The van der Waals surface area contributed by atoms with Gasteiger partial charge in [-0.1, -0.05) is 42.5 Å². The van der Waals surface area contributed by atoms with Crippen LogP contribution in [-0.2, 0) is 17.8 Å². The van der Waals surface area contributed by atoms with Crippen LogP contribution in [0.2, 0.25) is 0 Å². The normalized spacial score (nSPS) is 16.7. The van der Waals surface area contributed by atoms with Gasteiger partial charge in [0.15, 0.2) is 0 Å². The lowest BCUT2D eigenvalue weighted by atomic mass is 9.93. The SMILES string of the molecule is CN(C)C(CCc1ccc(F)cc1)C1OCc2cc(-c3cc4ccccc4s3)ccc21. The van der Waals surface area contributed by atoms with Crippen molar-refractivity contribution in [2.45, 2.75) is 31.6 Å². The highest BCUT2D eigenvalue weighted by atomic mass is 32.1. The summed E-state index contributed by atoms with van der Waals surface area (Å²) < 4.78 is 20.8. The fourth-order valence-corrected chi connectivity index (χ4v) is 5.58. The van der Waals surface area contributed by atoms with Crippen LogP contribution in [0.3, 0.4) is 0 Å². The van der Waals surface area contributed by atoms with Crippen molar-refractivity contribution >= 4 is 21.4 Å². The van der Waals surface area contributed by atoms with Crippen molar-refractivity contribution < 1.29 is 9.13 Å². The maximum absolute atomic E-state index is 13.2. The molecule has 5 rings (SSSR count). The molecule has 1 aromatic heterocycles. The lowest BCUT2D eigenvalue weighted by Gasteiger charge is -2.30. The smallest absolute Gasteiger partial charge is 0.123 e. The molecule has 0 saturated heterocycles. The van der Waals surface area contributed by atoms with Crippen LogP contribution in [-0.4, -0.2) is 25.0 Å². The summed E-state index contributed by atoms with van der Waals surface area (Å²) in [7, 11) is 4.23. The molecule has 1 aliphatic heterocycles. The van der Waals surface area contributed by atoms with E-state index in [9.17, 15) is 4.39 Å². The summed E-state index contributed by atoms with van der Waals surface area (Å²) in [4.78, 5) is 3.55. The fraction of sp³-hybridized carbons (Fsp3) is 0.259. The number of hydrogen-bond donors (Lipinski definition) is 0. The molecule has 1 aliphatic rings. The number of thiophene rings is 1. The van der Waals surface area contributed by atoms with E-state index in [0.29, 0.717) is 6.61 Å². The Bertz CT molecular complexity index is 1160. The van der Waals surface area contributed by atoms with Crippen LogP contribution in [0.25, 0.3) is 20.5 Å². The van der Waals surface area contributed by atoms with Crippen LogP contribution in [0.4, 0.5) is 4.39 Å². The highest BCUT2D eigenvalue weighted by molar-refractivity contribution is 7.22. The van der Waals surface area contributed by atoms with E-state index >= 15 is 0 Å². The van der Waals surface area contributed by atoms with Crippen LogP contribution in [0.15, 0.2) is 72.8 Å². The number of likely N-dealkylation sites (N-methyl/N-ethyl adjacent to an activating group) is 1. The first-order valence-electron chi connectivity index (χ1n) is 10.7. The molecule has 0 fully saturated rings. The second-order valence-corrected chi connectivity index (χ2v) is 9.57. The Hall–Kier alpha value is -2.53. The standard InChI is InChI=1S/C27H26FNOS/c1-29(2)24(14-9-18-7-11-22(28)12-8-18)27-23-13-10-20(15-21(23)17-30-27)26-16-19-5-3-4-6-25(19)31-26/h3-8,10-13,15-16,24,27H,9,14,17H2,1-2H3. The van der Waals surface area contributed by atoms with Crippen LogP contribution in [0.1, 0.15) is 29.2 Å². The van der Waals surface area contributed by atoms with Gasteiger partial charge >= 0.3 is 0 Å². The van der Waals surface area contributed by atoms with E-state index in [2.05, 4.69) is 67.5 Å². The molecule has 0 radical (unpaired) electrons. The number of ether oxygens (including phenoxy) is 1. The number of hydrogen-bond acceptors (Lipinski definition) is 3. The number of benzene rings is 3. The van der Waals surface area contributed by atoms with Crippen LogP contribution < -0.4 is 0 Å². The first-order chi connectivity index (χ1) is 15.1. The zero-order valence-corrected chi connectivity index (χ0v) is 18.7. The van der Waals surface area contributed by atoms with Gasteiger partial charge in [0.25, 0.3) is 0 Å². The third-order valence-corrected chi connectivity index (χ3v) is 7.40. The molecule has 0 N–H and O–H groups in total. The monoisotopic (exact) mass is 431 g/mol. The van der Waals surface area contributed by atoms with Gasteiger partial charge in [-0.2, -0.15) is 0 Å². The van der Waals surface area contributed by atoms with Gasteiger partial charge < -0.3 is 9.64 Å². The van der Waals surface area contributed by atoms with E-state index in [1.807, 2.05) is 23.5 Å². The van der Waals surface area contributed by atoms with E-state index in [0.717, 1.165) is 18.4 Å². The number of halogens is 1. The fourth-order valence-electron chi connectivity index (χ4n) is 4.52. The summed E-state index contributed by atoms with van der Waals surface area (Å²) in [5.74, 6) is -0.185. The molecule has 4 heteroatoms. The lowest BCUT2D eigenvalue weighted by molar-refractivity contribution is 0.00519. The summed E-state index contributed by atoms with van der Waals surface area (Å²) in [5, 5.41) is 1.30. The van der Waals surface area contributed by atoms with E-state index < -0.39 is 0 Å². The van der Waals surface area contributed by atoms with Crippen LogP contribution in [0.5, 0.6) is 0 Å². The lowest BCUT2D eigenvalue weighted by Crippen LogP contribution is -2.34. The van der Waals surface area contributed by atoms with Crippen molar-refractivity contribution in [1.82, 2.24) is 4.90 Å². The molecule has 0 spiro atoms.